The van der Waals surface area contributed by atoms with Crippen molar-refractivity contribution >= 4 is 11.7 Å². The van der Waals surface area contributed by atoms with E-state index >= 15 is 0 Å². The summed E-state index contributed by atoms with van der Waals surface area (Å²) in [5.41, 5.74) is 1.70. The number of rotatable bonds is 5. The number of carbonyl (C=O) groups is 2. The number of carbonyl (C=O) groups excluding carboxylic acids is 2. The molecule has 1 aliphatic carbocycles. The third-order valence-electron chi connectivity index (χ3n) is 3.33. The summed E-state index contributed by atoms with van der Waals surface area (Å²) in [6.07, 6.45) is 5.23. The molecule has 0 fully saturated rings. The fourth-order valence-electron chi connectivity index (χ4n) is 2.34. The first-order valence-corrected chi connectivity index (χ1v) is 6.88. The van der Waals surface area contributed by atoms with Gasteiger partial charge in [-0.15, -0.1) is 6.58 Å². The molecule has 3 heteroatoms. The van der Waals surface area contributed by atoms with E-state index < -0.39 is 0 Å². The minimum Gasteiger partial charge on any atom is -0.331 e. The lowest BCUT2D eigenvalue weighted by molar-refractivity contribution is -0.128. The highest BCUT2D eigenvalue weighted by Crippen LogP contribution is 2.18. The zero-order valence-corrected chi connectivity index (χ0v) is 11.5. The van der Waals surface area contributed by atoms with Crippen LogP contribution in [-0.4, -0.2) is 23.1 Å². The van der Waals surface area contributed by atoms with Crippen LogP contribution in [0.3, 0.4) is 0 Å². The van der Waals surface area contributed by atoms with E-state index in [9.17, 15) is 9.59 Å². The van der Waals surface area contributed by atoms with Crippen LogP contribution in [-0.2, 0) is 16.1 Å². The molecular formula is C17H19NO2. The Morgan fingerprint density at radius 3 is 2.65 bits per heavy atom. The van der Waals surface area contributed by atoms with E-state index in [0.717, 1.165) is 12.0 Å². The zero-order chi connectivity index (χ0) is 14.4. The van der Waals surface area contributed by atoms with Gasteiger partial charge in [-0.2, -0.15) is 0 Å². The van der Waals surface area contributed by atoms with Gasteiger partial charge < -0.3 is 4.90 Å². The van der Waals surface area contributed by atoms with E-state index in [1.54, 1.807) is 11.0 Å². The molecule has 0 atom stereocenters. The molecule has 2 rings (SSSR count). The zero-order valence-electron chi connectivity index (χ0n) is 11.5. The van der Waals surface area contributed by atoms with Crippen LogP contribution in [0, 0.1) is 0 Å². The fraction of sp³-hybridized carbons (Fsp3) is 0.294. The van der Waals surface area contributed by atoms with Gasteiger partial charge >= 0.3 is 0 Å². The normalized spacial score (nSPS) is 14.6. The molecule has 104 valence electrons. The Hall–Kier alpha value is -2.16. The van der Waals surface area contributed by atoms with Crippen molar-refractivity contribution in [2.45, 2.75) is 25.8 Å². The van der Waals surface area contributed by atoms with E-state index in [-0.39, 0.29) is 11.7 Å². The molecule has 0 heterocycles. The van der Waals surface area contributed by atoms with Crippen molar-refractivity contribution in [3.05, 3.63) is 60.2 Å². The summed E-state index contributed by atoms with van der Waals surface area (Å²) in [7, 11) is 0. The Morgan fingerprint density at radius 2 is 2.00 bits per heavy atom. The van der Waals surface area contributed by atoms with Gasteiger partial charge in [0.15, 0.2) is 5.78 Å². The van der Waals surface area contributed by atoms with Crippen molar-refractivity contribution in [2.24, 2.45) is 0 Å². The van der Waals surface area contributed by atoms with Crippen molar-refractivity contribution in [3.63, 3.8) is 0 Å². The number of nitrogens with zero attached hydrogens (tertiary/aromatic N) is 1. The van der Waals surface area contributed by atoms with Crippen molar-refractivity contribution in [1.82, 2.24) is 4.90 Å². The molecule has 1 aliphatic rings. The number of allylic oxidation sites excluding steroid dienone is 1. The number of amides is 1. The van der Waals surface area contributed by atoms with Gasteiger partial charge in [-0.05, 0) is 24.5 Å². The summed E-state index contributed by atoms with van der Waals surface area (Å²) in [6, 6.07) is 9.84. The average molecular weight is 269 g/mol. The molecule has 0 N–H and O–H groups in total. The Bertz CT molecular complexity index is 531. The number of ketones is 1. The first kappa shape index (κ1) is 14.3. The Morgan fingerprint density at radius 1 is 1.25 bits per heavy atom. The van der Waals surface area contributed by atoms with Crippen LogP contribution < -0.4 is 0 Å². The standard InChI is InChI=1S/C17H19NO2/c1-2-11-18(13-14-7-4-3-5-8-14)17(20)15-9-6-10-16(19)12-15/h2-5,7-8,12H,1,6,9-11,13H2. The fourth-order valence-corrected chi connectivity index (χ4v) is 2.34. The number of hydrogen-bond acceptors (Lipinski definition) is 2. The van der Waals surface area contributed by atoms with Crippen LogP contribution in [0.4, 0.5) is 0 Å². The molecule has 1 aromatic rings. The lowest BCUT2D eigenvalue weighted by atomic mass is 9.97. The Balaban J connectivity index is 2.13. The van der Waals surface area contributed by atoms with Crippen molar-refractivity contribution in [2.75, 3.05) is 6.54 Å². The molecule has 20 heavy (non-hydrogen) atoms. The average Bonchev–Trinajstić information content (AvgIpc) is 2.47. The van der Waals surface area contributed by atoms with Gasteiger partial charge in [0.25, 0.3) is 0 Å². The summed E-state index contributed by atoms with van der Waals surface area (Å²) in [4.78, 5) is 25.7. The second kappa shape index (κ2) is 6.85. The monoisotopic (exact) mass is 269 g/mol. The highest BCUT2D eigenvalue weighted by Gasteiger charge is 2.21. The quantitative estimate of drug-likeness (QED) is 0.771. The van der Waals surface area contributed by atoms with E-state index in [1.165, 1.54) is 6.08 Å². The summed E-state index contributed by atoms with van der Waals surface area (Å²) >= 11 is 0. The van der Waals surface area contributed by atoms with Crippen molar-refractivity contribution in [1.29, 1.82) is 0 Å². The van der Waals surface area contributed by atoms with Crippen LogP contribution >= 0.6 is 0 Å². The maximum atomic E-state index is 12.5. The van der Waals surface area contributed by atoms with E-state index in [0.29, 0.717) is 31.5 Å². The smallest absolute Gasteiger partial charge is 0.250 e. The molecule has 0 spiro atoms. The van der Waals surface area contributed by atoms with Gasteiger partial charge in [-0.25, -0.2) is 0 Å². The molecule has 0 aromatic heterocycles. The predicted octanol–water partition coefficient (Wildman–Crippen LogP) is 2.88. The topological polar surface area (TPSA) is 37.4 Å². The second-order valence-corrected chi connectivity index (χ2v) is 4.95. The molecule has 0 aliphatic heterocycles. The molecule has 1 aromatic carbocycles. The van der Waals surface area contributed by atoms with Gasteiger partial charge in [0, 0.05) is 25.1 Å². The summed E-state index contributed by atoms with van der Waals surface area (Å²) in [5.74, 6) is -0.000308. The Labute approximate surface area is 119 Å². The van der Waals surface area contributed by atoms with Gasteiger partial charge in [-0.1, -0.05) is 36.4 Å². The third-order valence-corrected chi connectivity index (χ3v) is 3.33. The molecular weight excluding hydrogens is 250 g/mol. The maximum Gasteiger partial charge on any atom is 0.250 e. The molecule has 1 amide bonds. The second-order valence-electron chi connectivity index (χ2n) is 4.95. The van der Waals surface area contributed by atoms with Crippen LogP contribution in [0.5, 0.6) is 0 Å². The molecule has 3 nitrogen and oxygen atoms in total. The largest absolute Gasteiger partial charge is 0.331 e. The number of benzene rings is 1. The van der Waals surface area contributed by atoms with Gasteiger partial charge in [-0.3, -0.25) is 9.59 Å². The van der Waals surface area contributed by atoms with Crippen LogP contribution in [0.25, 0.3) is 0 Å². The lowest BCUT2D eigenvalue weighted by Gasteiger charge is -2.24. The van der Waals surface area contributed by atoms with Crippen LogP contribution in [0.15, 0.2) is 54.6 Å². The summed E-state index contributed by atoms with van der Waals surface area (Å²) in [6.45, 7) is 4.73. The minimum absolute atomic E-state index is 0.0536. The molecule has 0 radical (unpaired) electrons. The number of hydrogen-bond donors (Lipinski definition) is 0. The van der Waals surface area contributed by atoms with E-state index in [1.807, 2.05) is 30.3 Å². The van der Waals surface area contributed by atoms with Gasteiger partial charge in [0.05, 0.1) is 0 Å². The van der Waals surface area contributed by atoms with Crippen LogP contribution in [0.1, 0.15) is 24.8 Å². The highest BCUT2D eigenvalue weighted by atomic mass is 16.2. The van der Waals surface area contributed by atoms with Crippen molar-refractivity contribution < 1.29 is 9.59 Å². The van der Waals surface area contributed by atoms with Crippen LogP contribution in [0.2, 0.25) is 0 Å². The predicted molar refractivity (Wildman–Crippen MR) is 79.0 cm³/mol. The lowest BCUT2D eigenvalue weighted by Crippen LogP contribution is -2.32. The third kappa shape index (κ3) is 3.67. The Kier molecular flexibility index (Phi) is 4.88. The summed E-state index contributed by atoms with van der Waals surface area (Å²) < 4.78 is 0. The maximum absolute atomic E-state index is 12.5. The SMILES string of the molecule is C=CCN(Cc1ccccc1)C(=O)C1=CC(=O)CCC1. The molecule has 0 saturated heterocycles. The molecule has 0 bridgehead atoms. The summed E-state index contributed by atoms with van der Waals surface area (Å²) in [5, 5.41) is 0. The van der Waals surface area contributed by atoms with E-state index in [4.69, 9.17) is 0 Å². The van der Waals surface area contributed by atoms with E-state index in [2.05, 4.69) is 6.58 Å². The van der Waals surface area contributed by atoms with Gasteiger partial charge in [0.1, 0.15) is 0 Å². The first-order chi connectivity index (χ1) is 9.70. The minimum atomic E-state index is -0.0539. The highest BCUT2D eigenvalue weighted by molar-refractivity contribution is 6.02. The van der Waals surface area contributed by atoms with Crippen molar-refractivity contribution in [3.8, 4) is 0 Å². The van der Waals surface area contributed by atoms with Gasteiger partial charge in [0.2, 0.25) is 5.91 Å². The first-order valence-electron chi connectivity index (χ1n) is 6.88. The molecule has 0 saturated carbocycles. The molecule has 0 unspecified atom stereocenters.